The minimum absolute atomic E-state index is 0.166. The molecule has 0 bridgehead atoms. The van der Waals surface area contributed by atoms with Crippen LogP contribution in [0.4, 0.5) is 0 Å². The van der Waals surface area contributed by atoms with E-state index in [4.69, 9.17) is 5.11 Å². The number of carbonyl (C=O) groups is 1. The number of hydrogen-bond acceptors (Lipinski definition) is 5. The maximum atomic E-state index is 10.7. The maximum absolute atomic E-state index is 10.7. The van der Waals surface area contributed by atoms with E-state index in [-0.39, 0.29) is 5.01 Å². The molecule has 0 aromatic carbocycles. The number of nitrogens with one attached hydrogen (secondary N) is 1. The zero-order valence-electron chi connectivity index (χ0n) is 9.85. The molecule has 0 aliphatic carbocycles. The third kappa shape index (κ3) is 3.24. The Morgan fingerprint density at radius 2 is 2.59 bits per heavy atom. The summed E-state index contributed by atoms with van der Waals surface area (Å²) in [5, 5.41) is 14.1. The molecule has 0 saturated carbocycles. The van der Waals surface area contributed by atoms with E-state index < -0.39 is 5.97 Å². The highest BCUT2D eigenvalue weighted by Crippen LogP contribution is 2.14. The highest BCUT2D eigenvalue weighted by Gasteiger charge is 2.20. The fraction of sp³-hybridized carbons (Fsp3) is 0.636. The Balaban J connectivity index is 1.76. The quantitative estimate of drug-likeness (QED) is 0.822. The Morgan fingerprint density at radius 3 is 3.18 bits per heavy atom. The first kappa shape index (κ1) is 12.5. The first-order valence-corrected chi connectivity index (χ1v) is 6.63. The number of aromatic carboxylic acids is 1. The molecule has 1 saturated heterocycles. The molecular formula is C11H17N3O2S. The number of aromatic nitrogens is 1. The predicted molar refractivity (Wildman–Crippen MR) is 66.4 cm³/mol. The SMILES string of the molecule is CN1CCCC1CNCc1csc(C(=O)O)n1. The Bertz CT molecular complexity index is 394. The van der Waals surface area contributed by atoms with Crippen LogP contribution in [0.25, 0.3) is 0 Å². The van der Waals surface area contributed by atoms with Crippen LogP contribution in [0.2, 0.25) is 0 Å². The lowest BCUT2D eigenvalue weighted by atomic mass is 10.2. The van der Waals surface area contributed by atoms with E-state index in [1.807, 2.05) is 0 Å². The van der Waals surface area contributed by atoms with Gasteiger partial charge in [0.25, 0.3) is 0 Å². The summed E-state index contributed by atoms with van der Waals surface area (Å²) in [5.41, 5.74) is 0.813. The first-order chi connectivity index (χ1) is 8.16. The molecule has 17 heavy (non-hydrogen) atoms. The molecule has 1 unspecified atom stereocenters. The first-order valence-electron chi connectivity index (χ1n) is 5.75. The van der Waals surface area contributed by atoms with E-state index in [2.05, 4.69) is 22.2 Å². The molecule has 2 rings (SSSR count). The lowest BCUT2D eigenvalue weighted by Gasteiger charge is -2.19. The van der Waals surface area contributed by atoms with Crippen LogP contribution in [0, 0.1) is 0 Å². The van der Waals surface area contributed by atoms with E-state index >= 15 is 0 Å². The number of likely N-dealkylation sites (N-methyl/N-ethyl adjacent to an activating group) is 1. The van der Waals surface area contributed by atoms with Crippen molar-refractivity contribution in [3.05, 3.63) is 16.1 Å². The molecule has 1 fully saturated rings. The second kappa shape index (κ2) is 5.57. The van der Waals surface area contributed by atoms with Gasteiger partial charge < -0.3 is 15.3 Å². The summed E-state index contributed by atoms with van der Waals surface area (Å²) in [6.45, 7) is 2.76. The molecule has 1 aromatic rings. The van der Waals surface area contributed by atoms with E-state index in [1.165, 1.54) is 30.7 Å². The van der Waals surface area contributed by atoms with Crippen LogP contribution in [-0.4, -0.2) is 47.1 Å². The Labute approximate surface area is 104 Å². The fourth-order valence-corrected chi connectivity index (χ4v) is 2.74. The van der Waals surface area contributed by atoms with Crippen molar-refractivity contribution in [2.75, 3.05) is 20.1 Å². The molecule has 1 aliphatic rings. The van der Waals surface area contributed by atoms with Gasteiger partial charge >= 0.3 is 5.97 Å². The molecule has 2 N–H and O–H groups in total. The van der Waals surface area contributed by atoms with Crippen LogP contribution in [0.3, 0.4) is 0 Å². The third-order valence-electron chi connectivity index (χ3n) is 3.09. The van der Waals surface area contributed by atoms with Crippen LogP contribution in [0.1, 0.15) is 28.3 Å². The molecule has 94 valence electrons. The Morgan fingerprint density at radius 1 is 1.76 bits per heavy atom. The molecule has 5 nitrogen and oxygen atoms in total. The van der Waals surface area contributed by atoms with Crippen molar-refractivity contribution in [3.8, 4) is 0 Å². The molecular weight excluding hydrogens is 238 g/mol. The molecule has 0 radical (unpaired) electrons. The summed E-state index contributed by atoms with van der Waals surface area (Å²) in [6, 6.07) is 0.604. The number of thiazole rings is 1. The number of carboxylic acid groups (broad SMARTS) is 1. The van der Waals surface area contributed by atoms with Gasteiger partial charge in [-0.05, 0) is 26.4 Å². The Hall–Kier alpha value is -0.980. The van der Waals surface area contributed by atoms with E-state index in [0.717, 1.165) is 12.2 Å². The van der Waals surface area contributed by atoms with Gasteiger partial charge in [-0.15, -0.1) is 11.3 Å². The van der Waals surface area contributed by atoms with Gasteiger partial charge in [-0.2, -0.15) is 0 Å². The molecule has 0 spiro atoms. The van der Waals surface area contributed by atoms with Crippen LogP contribution in [0.5, 0.6) is 0 Å². The molecule has 1 aromatic heterocycles. The molecule has 0 amide bonds. The van der Waals surface area contributed by atoms with Crippen molar-refractivity contribution in [3.63, 3.8) is 0 Å². The highest BCUT2D eigenvalue weighted by molar-refractivity contribution is 7.11. The van der Waals surface area contributed by atoms with Gasteiger partial charge in [-0.25, -0.2) is 9.78 Å². The number of rotatable bonds is 5. The molecule has 6 heteroatoms. The lowest BCUT2D eigenvalue weighted by molar-refractivity contribution is 0.0696. The fourth-order valence-electron chi connectivity index (χ4n) is 2.09. The number of nitrogens with zero attached hydrogens (tertiary/aromatic N) is 2. The standard InChI is InChI=1S/C11H17N3O2S/c1-14-4-2-3-9(14)6-12-5-8-7-17-10(13-8)11(15)16/h7,9,12H,2-6H2,1H3,(H,15,16). The van der Waals surface area contributed by atoms with Gasteiger partial charge in [-0.1, -0.05) is 0 Å². The zero-order chi connectivity index (χ0) is 12.3. The normalized spacial score (nSPS) is 20.9. The number of carboxylic acids is 1. The van der Waals surface area contributed by atoms with Gasteiger partial charge in [0.2, 0.25) is 5.01 Å². The summed E-state index contributed by atoms with van der Waals surface area (Å²) < 4.78 is 0. The van der Waals surface area contributed by atoms with Gasteiger partial charge in [0.15, 0.2) is 0 Å². The van der Waals surface area contributed by atoms with Gasteiger partial charge in [0.05, 0.1) is 5.69 Å². The topological polar surface area (TPSA) is 65.5 Å². The average Bonchev–Trinajstić information content (AvgIpc) is 2.89. The van der Waals surface area contributed by atoms with Crippen molar-refractivity contribution in [2.24, 2.45) is 0 Å². The number of likely N-dealkylation sites (tertiary alicyclic amines) is 1. The third-order valence-corrected chi connectivity index (χ3v) is 3.97. The smallest absolute Gasteiger partial charge is 0.365 e. The number of hydrogen-bond donors (Lipinski definition) is 2. The van der Waals surface area contributed by atoms with Crippen molar-refractivity contribution in [2.45, 2.75) is 25.4 Å². The second-order valence-corrected chi connectivity index (χ2v) is 5.21. The van der Waals surface area contributed by atoms with Crippen LogP contribution in [0.15, 0.2) is 5.38 Å². The van der Waals surface area contributed by atoms with Gasteiger partial charge in [0.1, 0.15) is 0 Å². The monoisotopic (exact) mass is 255 g/mol. The largest absolute Gasteiger partial charge is 0.476 e. The minimum Gasteiger partial charge on any atom is -0.476 e. The predicted octanol–water partition coefficient (Wildman–Crippen LogP) is 1.03. The van der Waals surface area contributed by atoms with E-state index in [1.54, 1.807) is 5.38 Å². The van der Waals surface area contributed by atoms with E-state index in [0.29, 0.717) is 12.6 Å². The molecule has 2 heterocycles. The van der Waals surface area contributed by atoms with Gasteiger partial charge in [0, 0.05) is 24.5 Å². The summed E-state index contributed by atoms with van der Waals surface area (Å²) >= 11 is 1.18. The highest BCUT2D eigenvalue weighted by atomic mass is 32.1. The minimum atomic E-state index is -0.947. The van der Waals surface area contributed by atoms with Crippen molar-refractivity contribution in [1.29, 1.82) is 0 Å². The second-order valence-electron chi connectivity index (χ2n) is 4.36. The van der Waals surface area contributed by atoms with Crippen molar-refractivity contribution >= 4 is 17.3 Å². The van der Waals surface area contributed by atoms with Crippen molar-refractivity contribution in [1.82, 2.24) is 15.2 Å². The average molecular weight is 255 g/mol. The molecule has 1 atom stereocenters. The lowest BCUT2D eigenvalue weighted by Crippen LogP contribution is -2.35. The summed E-state index contributed by atoms with van der Waals surface area (Å²) in [4.78, 5) is 17.1. The Kier molecular flexibility index (Phi) is 4.09. The summed E-state index contributed by atoms with van der Waals surface area (Å²) in [7, 11) is 2.14. The van der Waals surface area contributed by atoms with Crippen LogP contribution < -0.4 is 5.32 Å². The van der Waals surface area contributed by atoms with Crippen LogP contribution >= 0.6 is 11.3 Å². The molecule has 1 aliphatic heterocycles. The van der Waals surface area contributed by atoms with Gasteiger partial charge in [-0.3, -0.25) is 0 Å². The zero-order valence-corrected chi connectivity index (χ0v) is 10.7. The van der Waals surface area contributed by atoms with E-state index in [9.17, 15) is 4.79 Å². The van der Waals surface area contributed by atoms with Crippen LogP contribution in [-0.2, 0) is 6.54 Å². The maximum Gasteiger partial charge on any atom is 0.365 e. The summed E-state index contributed by atoms with van der Waals surface area (Å²) in [6.07, 6.45) is 2.50. The summed E-state index contributed by atoms with van der Waals surface area (Å²) in [5.74, 6) is -0.947. The van der Waals surface area contributed by atoms with Crippen molar-refractivity contribution < 1.29 is 9.90 Å².